The third-order valence-corrected chi connectivity index (χ3v) is 3.05. The van der Waals surface area contributed by atoms with Crippen LogP contribution in [0.4, 0.5) is 0 Å². The number of hydrogen-bond acceptors (Lipinski definition) is 4. The number of rotatable bonds is 6. The average molecular weight is 260 g/mol. The zero-order chi connectivity index (χ0) is 13.7. The zero-order valence-corrected chi connectivity index (χ0v) is 11.6. The molecule has 0 aliphatic rings. The molecular formula is C14H20N4O. The van der Waals surface area contributed by atoms with E-state index >= 15 is 0 Å². The van der Waals surface area contributed by atoms with E-state index in [9.17, 15) is 0 Å². The molecule has 1 aromatic heterocycles. The van der Waals surface area contributed by atoms with E-state index in [1.54, 1.807) is 19.8 Å². The average Bonchev–Trinajstić information content (AvgIpc) is 2.91. The zero-order valence-electron chi connectivity index (χ0n) is 11.6. The number of hydrogen-bond donors (Lipinski definition) is 1. The first-order valence-electron chi connectivity index (χ1n) is 6.45. The molecule has 0 saturated carbocycles. The second-order valence-electron chi connectivity index (χ2n) is 4.47. The molecule has 0 radical (unpaired) electrons. The molecule has 5 nitrogen and oxygen atoms in total. The molecule has 1 N–H and O–H groups in total. The van der Waals surface area contributed by atoms with Gasteiger partial charge >= 0.3 is 0 Å². The highest BCUT2D eigenvalue weighted by atomic mass is 16.5. The van der Waals surface area contributed by atoms with E-state index in [1.807, 2.05) is 10.7 Å². The first-order valence-corrected chi connectivity index (χ1v) is 6.45. The lowest BCUT2D eigenvalue weighted by Gasteiger charge is -2.21. The van der Waals surface area contributed by atoms with Crippen LogP contribution in [0.1, 0.15) is 24.1 Å². The summed E-state index contributed by atoms with van der Waals surface area (Å²) in [4.78, 5) is 3.98. The van der Waals surface area contributed by atoms with E-state index in [2.05, 4.69) is 41.4 Å². The van der Waals surface area contributed by atoms with E-state index in [0.29, 0.717) is 0 Å². The molecule has 1 atom stereocenters. The monoisotopic (exact) mass is 260 g/mol. The fourth-order valence-corrected chi connectivity index (χ4v) is 2.16. The predicted octanol–water partition coefficient (Wildman–Crippen LogP) is 1.95. The van der Waals surface area contributed by atoms with Crippen LogP contribution in [0.15, 0.2) is 30.9 Å². The van der Waals surface area contributed by atoms with Gasteiger partial charge in [-0.15, -0.1) is 0 Å². The van der Waals surface area contributed by atoms with Crippen molar-refractivity contribution in [3.63, 3.8) is 0 Å². The van der Waals surface area contributed by atoms with Gasteiger partial charge in [0.25, 0.3) is 0 Å². The van der Waals surface area contributed by atoms with Crippen molar-refractivity contribution in [3.8, 4) is 5.75 Å². The van der Waals surface area contributed by atoms with Crippen molar-refractivity contribution in [2.24, 2.45) is 0 Å². The van der Waals surface area contributed by atoms with Crippen molar-refractivity contribution >= 4 is 0 Å². The molecule has 0 bridgehead atoms. The Kier molecular flexibility index (Phi) is 4.52. The maximum atomic E-state index is 5.46. The van der Waals surface area contributed by atoms with E-state index in [-0.39, 0.29) is 6.04 Å². The molecule has 102 valence electrons. The lowest BCUT2D eigenvalue weighted by atomic mass is 10.0. The molecule has 5 heteroatoms. The van der Waals surface area contributed by atoms with Gasteiger partial charge < -0.3 is 10.1 Å². The van der Waals surface area contributed by atoms with Gasteiger partial charge in [0, 0.05) is 5.56 Å². The second-order valence-corrected chi connectivity index (χ2v) is 4.47. The molecule has 0 spiro atoms. The lowest BCUT2D eigenvalue weighted by molar-refractivity contribution is 0.385. The Labute approximate surface area is 113 Å². The number of benzene rings is 1. The van der Waals surface area contributed by atoms with Crippen molar-refractivity contribution in [1.29, 1.82) is 0 Å². The first kappa shape index (κ1) is 13.5. The molecule has 0 aliphatic carbocycles. The van der Waals surface area contributed by atoms with Gasteiger partial charge in [-0.05, 0) is 19.5 Å². The predicted molar refractivity (Wildman–Crippen MR) is 74.2 cm³/mol. The Hall–Kier alpha value is -1.88. The summed E-state index contributed by atoms with van der Waals surface area (Å²) in [5.41, 5.74) is 2.37. The maximum absolute atomic E-state index is 5.46. The van der Waals surface area contributed by atoms with E-state index in [4.69, 9.17) is 4.74 Å². The number of aromatic nitrogens is 3. The summed E-state index contributed by atoms with van der Waals surface area (Å²) < 4.78 is 7.29. The third-order valence-electron chi connectivity index (χ3n) is 3.05. The molecule has 0 saturated heterocycles. The van der Waals surface area contributed by atoms with E-state index in [1.165, 1.54) is 5.56 Å². The van der Waals surface area contributed by atoms with Crippen molar-refractivity contribution in [1.82, 2.24) is 20.1 Å². The third kappa shape index (κ3) is 3.32. The molecule has 2 aromatic rings. The summed E-state index contributed by atoms with van der Waals surface area (Å²) in [6, 6.07) is 6.38. The van der Waals surface area contributed by atoms with Crippen molar-refractivity contribution < 1.29 is 4.74 Å². The van der Waals surface area contributed by atoms with Crippen molar-refractivity contribution in [2.75, 3.05) is 13.7 Å². The van der Waals surface area contributed by atoms with E-state index < -0.39 is 0 Å². The fraction of sp³-hybridized carbons (Fsp3) is 0.429. The number of nitrogens with zero attached hydrogens (tertiary/aromatic N) is 3. The minimum Gasteiger partial charge on any atom is -0.496 e. The SMILES string of the molecule is CCNC(Cn1cncn1)c1cc(C)ccc1OC. The summed E-state index contributed by atoms with van der Waals surface area (Å²) >= 11 is 0. The Morgan fingerprint density at radius 1 is 1.42 bits per heavy atom. The summed E-state index contributed by atoms with van der Waals surface area (Å²) in [6.07, 6.45) is 3.28. The molecular weight excluding hydrogens is 240 g/mol. The highest BCUT2D eigenvalue weighted by Gasteiger charge is 2.16. The fourth-order valence-electron chi connectivity index (χ4n) is 2.16. The highest BCUT2D eigenvalue weighted by Crippen LogP contribution is 2.27. The Morgan fingerprint density at radius 2 is 2.26 bits per heavy atom. The van der Waals surface area contributed by atoms with Crippen molar-refractivity contribution in [2.45, 2.75) is 26.4 Å². The van der Waals surface area contributed by atoms with Gasteiger partial charge in [-0.1, -0.05) is 24.6 Å². The van der Waals surface area contributed by atoms with E-state index in [0.717, 1.165) is 24.4 Å². The van der Waals surface area contributed by atoms with Crippen LogP contribution in [0.25, 0.3) is 0 Å². The molecule has 1 heterocycles. The van der Waals surface area contributed by atoms with Crippen LogP contribution in [-0.2, 0) is 6.54 Å². The standard InChI is InChI=1S/C14H20N4O/c1-4-16-13(8-18-10-15-9-17-18)12-7-11(2)5-6-14(12)19-3/h5-7,9-10,13,16H,4,8H2,1-3H3. The van der Waals surface area contributed by atoms with Gasteiger partial charge in [0.1, 0.15) is 18.4 Å². The number of methoxy groups -OCH3 is 1. The number of nitrogens with one attached hydrogen (secondary N) is 1. The number of aryl methyl sites for hydroxylation is 1. The van der Waals surface area contributed by atoms with Crippen LogP contribution in [-0.4, -0.2) is 28.4 Å². The summed E-state index contributed by atoms with van der Waals surface area (Å²) in [5.74, 6) is 0.900. The van der Waals surface area contributed by atoms with Gasteiger partial charge in [0.05, 0.1) is 19.7 Å². The van der Waals surface area contributed by atoms with Gasteiger partial charge in [-0.3, -0.25) is 4.68 Å². The summed E-state index contributed by atoms with van der Waals surface area (Å²) in [5, 5.41) is 7.64. The van der Waals surface area contributed by atoms with Gasteiger partial charge in [-0.2, -0.15) is 5.10 Å². The summed E-state index contributed by atoms with van der Waals surface area (Å²) in [6.45, 7) is 5.79. The quantitative estimate of drug-likeness (QED) is 0.862. The molecule has 0 amide bonds. The molecule has 2 rings (SSSR count). The molecule has 1 unspecified atom stereocenters. The van der Waals surface area contributed by atoms with Gasteiger partial charge in [-0.25, -0.2) is 4.98 Å². The Morgan fingerprint density at radius 3 is 2.89 bits per heavy atom. The smallest absolute Gasteiger partial charge is 0.137 e. The largest absolute Gasteiger partial charge is 0.496 e. The Balaban J connectivity index is 2.29. The van der Waals surface area contributed by atoms with Crippen LogP contribution in [0.3, 0.4) is 0 Å². The molecule has 19 heavy (non-hydrogen) atoms. The van der Waals surface area contributed by atoms with Crippen LogP contribution >= 0.6 is 0 Å². The maximum Gasteiger partial charge on any atom is 0.137 e. The van der Waals surface area contributed by atoms with Gasteiger partial charge in [0.2, 0.25) is 0 Å². The molecule has 0 fully saturated rings. The highest BCUT2D eigenvalue weighted by molar-refractivity contribution is 5.39. The Bertz CT molecular complexity index is 510. The van der Waals surface area contributed by atoms with Crippen LogP contribution in [0.2, 0.25) is 0 Å². The topological polar surface area (TPSA) is 52.0 Å². The van der Waals surface area contributed by atoms with Crippen molar-refractivity contribution in [3.05, 3.63) is 42.0 Å². The van der Waals surface area contributed by atoms with Crippen LogP contribution in [0, 0.1) is 6.92 Å². The normalized spacial score (nSPS) is 12.4. The second kappa shape index (κ2) is 6.33. The lowest BCUT2D eigenvalue weighted by Crippen LogP contribution is -2.26. The van der Waals surface area contributed by atoms with Crippen LogP contribution in [0.5, 0.6) is 5.75 Å². The minimum absolute atomic E-state index is 0.154. The van der Waals surface area contributed by atoms with Gasteiger partial charge in [0.15, 0.2) is 0 Å². The minimum atomic E-state index is 0.154. The molecule has 0 aliphatic heterocycles. The molecule has 1 aromatic carbocycles. The first-order chi connectivity index (χ1) is 9.24. The number of likely N-dealkylation sites (N-methyl/N-ethyl adjacent to an activating group) is 1. The van der Waals surface area contributed by atoms with Crippen LogP contribution < -0.4 is 10.1 Å². The summed E-state index contributed by atoms with van der Waals surface area (Å²) in [7, 11) is 1.70. The number of ether oxygens (including phenoxy) is 1.